The number of amides is 1. The average molecular weight is 376 g/mol. The van der Waals surface area contributed by atoms with Crippen molar-refractivity contribution in [1.29, 1.82) is 0 Å². The fraction of sp³-hybridized carbons (Fsp3) is 0.0667. The van der Waals surface area contributed by atoms with Crippen molar-refractivity contribution < 1.29 is 9.18 Å². The maximum Gasteiger partial charge on any atom is 0.252 e. The minimum Gasteiger partial charge on any atom is -0.345 e. The number of nitrogens with zero attached hydrogens (tertiary/aromatic N) is 4. The topological polar surface area (TPSA) is 72.7 Å². The van der Waals surface area contributed by atoms with Gasteiger partial charge < -0.3 is 5.32 Å². The fourth-order valence-corrected chi connectivity index (χ4v) is 2.46. The lowest BCUT2D eigenvalue weighted by Crippen LogP contribution is -2.25. The molecule has 8 heteroatoms. The third-order valence-corrected chi connectivity index (χ3v) is 3.82. The molecule has 1 amide bonds. The average Bonchev–Trinajstić information content (AvgIpc) is 3.02. The summed E-state index contributed by atoms with van der Waals surface area (Å²) in [6, 6.07) is 12.9. The molecule has 3 rings (SSSR count). The maximum absolute atomic E-state index is 13.0. The van der Waals surface area contributed by atoms with Crippen molar-refractivity contribution >= 4 is 21.8 Å². The van der Waals surface area contributed by atoms with Crippen LogP contribution in [0.25, 0.3) is 5.69 Å². The smallest absolute Gasteiger partial charge is 0.252 e. The van der Waals surface area contributed by atoms with Crippen molar-refractivity contribution in [3.05, 3.63) is 70.2 Å². The van der Waals surface area contributed by atoms with Crippen LogP contribution < -0.4 is 5.32 Å². The lowest BCUT2D eigenvalue weighted by molar-refractivity contribution is 0.0949. The van der Waals surface area contributed by atoms with Crippen LogP contribution in [0.3, 0.4) is 0 Å². The molecule has 0 saturated heterocycles. The van der Waals surface area contributed by atoms with Crippen LogP contribution in [0, 0.1) is 5.82 Å². The van der Waals surface area contributed by atoms with E-state index in [4.69, 9.17) is 0 Å². The summed E-state index contributed by atoms with van der Waals surface area (Å²) in [5, 5.41) is 14.1. The molecule has 0 atom stereocenters. The molecule has 23 heavy (non-hydrogen) atoms. The first-order chi connectivity index (χ1) is 11.1. The van der Waals surface area contributed by atoms with E-state index in [0.29, 0.717) is 21.5 Å². The van der Waals surface area contributed by atoms with Crippen molar-refractivity contribution in [2.45, 2.75) is 6.54 Å². The van der Waals surface area contributed by atoms with E-state index in [0.717, 1.165) is 0 Å². The highest BCUT2D eigenvalue weighted by Gasteiger charge is 2.12. The molecule has 1 N–H and O–H groups in total. The Hall–Kier alpha value is -2.61. The molecule has 6 nitrogen and oxygen atoms in total. The Morgan fingerprint density at radius 1 is 1.17 bits per heavy atom. The molecule has 1 aromatic heterocycles. The molecule has 2 aromatic carbocycles. The maximum atomic E-state index is 13.0. The Morgan fingerprint density at radius 3 is 2.65 bits per heavy atom. The van der Waals surface area contributed by atoms with Gasteiger partial charge in [0.15, 0.2) is 5.82 Å². The number of tetrazole rings is 1. The lowest BCUT2D eigenvalue weighted by atomic mass is 10.2. The highest BCUT2D eigenvalue weighted by Crippen LogP contribution is 2.15. The molecule has 116 valence electrons. The molecule has 0 aliphatic heterocycles. The molecule has 0 saturated carbocycles. The Morgan fingerprint density at radius 2 is 1.91 bits per heavy atom. The zero-order chi connectivity index (χ0) is 16.2. The zero-order valence-electron chi connectivity index (χ0n) is 11.8. The number of hydrogen-bond acceptors (Lipinski definition) is 4. The van der Waals surface area contributed by atoms with Gasteiger partial charge in [-0.15, -0.1) is 5.10 Å². The number of aromatic nitrogens is 4. The molecule has 3 aromatic rings. The summed E-state index contributed by atoms with van der Waals surface area (Å²) in [4.78, 5) is 12.2. The molecule has 0 aliphatic rings. The van der Waals surface area contributed by atoms with Crippen LogP contribution in [0.15, 0.2) is 53.0 Å². The Labute approximate surface area is 139 Å². The number of benzene rings is 2. The first-order valence-corrected chi connectivity index (χ1v) is 7.50. The molecular formula is C15H11BrFN5O. The normalized spacial score (nSPS) is 10.5. The lowest BCUT2D eigenvalue weighted by Gasteiger charge is -2.07. The number of carbonyl (C=O) groups excluding carboxylic acids is 1. The molecule has 0 aliphatic carbocycles. The molecule has 1 heterocycles. The molecule has 0 fully saturated rings. The van der Waals surface area contributed by atoms with Gasteiger partial charge in [0.25, 0.3) is 5.91 Å². The highest BCUT2D eigenvalue weighted by atomic mass is 79.9. The number of hydrogen-bond donors (Lipinski definition) is 1. The van der Waals surface area contributed by atoms with Gasteiger partial charge in [-0.2, -0.15) is 4.68 Å². The summed E-state index contributed by atoms with van der Waals surface area (Å²) in [7, 11) is 0. The van der Waals surface area contributed by atoms with Crippen LogP contribution in [0.1, 0.15) is 16.2 Å². The van der Waals surface area contributed by atoms with Gasteiger partial charge in [-0.3, -0.25) is 4.79 Å². The van der Waals surface area contributed by atoms with Crippen LogP contribution in [0.2, 0.25) is 0 Å². The van der Waals surface area contributed by atoms with E-state index < -0.39 is 0 Å². The second kappa shape index (κ2) is 6.66. The monoisotopic (exact) mass is 375 g/mol. The van der Waals surface area contributed by atoms with Crippen LogP contribution in [-0.4, -0.2) is 26.1 Å². The van der Waals surface area contributed by atoms with E-state index in [1.54, 1.807) is 30.3 Å². The van der Waals surface area contributed by atoms with Gasteiger partial charge in [-0.1, -0.05) is 12.1 Å². The summed E-state index contributed by atoms with van der Waals surface area (Å²) in [6.45, 7) is 0.143. The van der Waals surface area contributed by atoms with Crippen LogP contribution in [-0.2, 0) is 6.54 Å². The van der Waals surface area contributed by atoms with Gasteiger partial charge in [-0.05, 0) is 62.8 Å². The van der Waals surface area contributed by atoms with E-state index in [9.17, 15) is 9.18 Å². The highest BCUT2D eigenvalue weighted by molar-refractivity contribution is 9.10. The van der Waals surface area contributed by atoms with Crippen molar-refractivity contribution in [2.24, 2.45) is 0 Å². The van der Waals surface area contributed by atoms with Crippen LogP contribution in [0.4, 0.5) is 4.39 Å². The molecule has 0 spiro atoms. The van der Waals surface area contributed by atoms with E-state index in [2.05, 4.69) is 36.8 Å². The van der Waals surface area contributed by atoms with E-state index in [-0.39, 0.29) is 18.3 Å². The first kappa shape index (κ1) is 15.3. The summed E-state index contributed by atoms with van der Waals surface area (Å²) in [5.41, 5.74) is 1.13. The third-order valence-electron chi connectivity index (χ3n) is 3.13. The summed E-state index contributed by atoms with van der Waals surface area (Å²) in [6.07, 6.45) is 0. The van der Waals surface area contributed by atoms with E-state index >= 15 is 0 Å². The Kier molecular flexibility index (Phi) is 4.42. The van der Waals surface area contributed by atoms with Gasteiger partial charge in [0.05, 0.1) is 17.8 Å². The van der Waals surface area contributed by atoms with E-state index in [1.807, 2.05) is 6.07 Å². The van der Waals surface area contributed by atoms with Gasteiger partial charge in [-0.25, -0.2) is 4.39 Å². The predicted octanol–water partition coefficient (Wildman–Crippen LogP) is 2.49. The van der Waals surface area contributed by atoms with Crippen LogP contribution in [0.5, 0.6) is 0 Å². The quantitative estimate of drug-likeness (QED) is 0.760. The first-order valence-electron chi connectivity index (χ1n) is 6.71. The summed E-state index contributed by atoms with van der Waals surface area (Å²) >= 11 is 3.33. The van der Waals surface area contributed by atoms with Crippen molar-refractivity contribution in [1.82, 2.24) is 25.5 Å². The SMILES string of the molecule is O=C(NCc1nnnn1-c1ccc(F)cc1)c1ccccc1Br. The Bertz CT molecular complexity index is 834. The number of nitrogens with one attached hydrogen (secondary N) is 1. The fourth-order valence-electron chi connectivity index (χ4n) is 2.00. The van der Waals surface area contributed by atoms with Crippen molar-refractivity contribution in [2.75, 3.05) is 0 Å². The van der Waals surface area contributed by atoms with Gasteiger partial charge >= 0.3 is 0 Å². The molecular weight excluding hydrogens is 365 g/mol. The number of rotatable bonds is 4. The number of halogens is 2. The van der Waals surface area contributed by atoms with Crippen LogP contribution >= 0.6 is 15.9 Å². The van der Waals surface area contributed by atoms with Crippen molar-refractivity contribution in [3.8, 4) is 5.69 Å². The summed E-state index contributed by atoms with van der Waals surface area (Å²) < 4.78 is 15.1. The third kappa shape index (κ3) is 3.42. The minimum absolute atomic E-state index is 0.143. The molecule has 0 radical (unpaired) electrons. The standard InChI is InChI=1S/C15H11BrFN5O/c16-13-4-2-1-3-12(13)15(23)18-9-14-19-20-21-22(14)11-7-5-10(17)6-8-11/h1-8H,9H2,(H,18,23). The van der Waals surface area contributed by atoms with Gasteiger partial charge in [0.1, 0.15) is 5.82 Å². The number of carbonyl (C=O) groups is 1. The molecule has 0 unspecified atom stereocenters. The predicted molar refractivity (Wildman–Crippen MR) is 84.4 cm³/mol. The van der Waals surface area contributed by atoms with Gasteiger partial charge in [0.2, 0.25) is 0 Å². The minimum atomic E-state index is -0.342. The van der Waals surface area contributed by atoms with Gasteiger partial charge in [0, 0.05) is 4.47 Å². The summed E-state index contributed by atoms with van der Waals surface area (Å²) in [5.74, 6) is -0.145. The largest absolute Gasteiger partial charge is 0.345 e. The Balaban J connectivity index is 1.75. The van der Waals surface area contributed by atoms with E-state index in [1.165, 1.54) is 16.8 Å². The second-order valence-electron chi connectivity index (χ2n) is 4.65. The van der Waals surface area contributed by atoms with Crippen molar-refractivity contribution in [3.63, 3.8) is 0 Å². The molecule has 0 bridgehead atoms. The second-order valence-corrected chi connectivity index (χ2v) is 5.50. The zero-order valence-corrected chi connectivity index (χ0v) is 13.4.